The van der Waals surface area contributed by atoms with Crippen molar-refractivity contribution in [3.8, 4) is 5.75 Å². The summed E-state index contributed by atoms with van der Waals surface area (Å²) in [7, 11) is 1.60. The largest absolute Gasteiger partial charge is 0.497 e. The van der Waals surface area contributed by atoms with Crippen molar-refractivity contribution in [3.05, 3.63) is 76.6 Å². The molecule has 7 nitrogen and oxygen atoms in total. The van der Waals surface area contributed by atoms with E-state index >= 15 is 0 Å². The molecule has 1 saturated carbocycles. The number of hydrogen-bond donors (Lipinski definition) is 1. The van der Waals surface area contributed by atoms with E-state index in [4.69, 9.17) is 16.3 Å². The van der Waals surface area contributed by atoms with E-state index in [1.807, 2.05) is 32.0 Å². The number of halogens is 1. The number of nitrogens with zero attached hydrogens (tertiary/aromatic N) is 3. The van der Waals surface area contributed by atoms with Crippen molar-refractivity contribution in [1.29, 1.82) is 0 Å². The Labute approximate surface area is 227 Å². The van der Waals surface area contributed by atoms with Gasteiger partial charge in [0.2, 0.25) is 11.8 Å². The van der Waals surface area contributed by atoms with Gasteiger partial charge in [-0.15, -0.1) is 0 Å². The minimum Gasteiger partial charge on any atom is -0.497 e. The summed E-state index contributed by atoms with van der Waals surface area (Å²) in [6.07, 6.45) is 2.93. The molecule has 0 atom stereocenters. The fraction of sp³-hybridized carbons (Fsp3) is 0.357. The maximum absolute atomic E-state index is 13.9. The van der Waals surface area contributed by atoms with E-state index < -0.39 is 5.54 Å². The average molecular weight is 539 g/mol. The Morgan fingerprint density at radius 1 is 1.03 bits per heavy atom. The molecular weight excluding hydrogens is 508 g/mol. The van der Waals surface area contributed by atoms with Crippen molar-refractivity contribution in [2.45, 2.75) is 56.8 Å². The molecule has 0 aliphatic heterocycles. The molecule has 0 bridgehead atoms. The van der Waals surface area contributed by atoms with Gasteiger partial charge in [0.15, 0.2) is 5.16 Å². The molecule has 4 rings (SSSR count). The summed E-state index contributed by atoms with van der Waals surface area (Å²) in [5, 5.41) is 4.23. The molecule has 1 aliphatic carbocycles. The maximum Gasteiger partial charge on any atom is 0.250 e. The smallest absolute Gasteiger partial charge is 0.250 e. The van der Waals surface area contributed by atoms with Crippen LogP contribution in [0, 0.1) is 13.8 Å². The van der Waals surface area contributed by atoms with Gasteiger partial charge in [0.05, 0.1) is 12.9 Å². The van der Waals surface area contributed by atoms with Crippen LogP contribution >= 0.6 is 23.4 Å². The van der Waals surface area contributed by atoms with Gasteiger partial charge in [-0.3, -0.25) is 9.59 Å². The zero-order valence-electron chi connectivity index (χ0n) is 21.3. The van der Waals surface area contributed by atoms with E-state index in [-0.39, 0.29) is 17.6 Å². The fourth-order valence-corrected chi connectivity index (χ4v) is 5.67. The Kier molecular flexibility index (Phi) is 8.71. The minimum absolute atomic E-state index is 0.130. The third-order valence-corrected chi connectivity index (χ3v) is 7.64. The quantitative estimate of drug-likeness (QED) is 0.272. The Bertz CT molecular complexity index is 1230. The molecule has 1 aromatic heterocycles. The number of aryl methyl sites for hydroxylation is 2. The van der Waals surface area contributed by atoms with Gasteiger partial charge in [-0.25, -0.2) is 9.97 Å². The number of amides is 2. The number of ether oxygens (including phenoxy) is 1. The highest BCUT2D eigenvalue weighted by Gasteiger charge is 2.48. The summed E-state index contributed by atoms with van der Waals surface area (Å²) in [4.78, 5) is 38.3. The highest BCUT2D eigenvalue weighted by molar-refractivity contribution is 7.99. The number of carbonyl (C=O) groups is 2. The van der Waals surface area contributed by atoms with Gasteiger partial charge in [0.25, 0.3) is 0 Å². The number of aromatic nitrogens is 2. The van der Waals surface area contributed by atoms with Gasteiger partial charge in [-0.05, 0) is 74.7 Å². The van der Waals surface area contributed by atoms with Crippen molar-refractivity contribution in [1.82, 2.24) is 14.9 Å². The maximum atomic E-state index is 13.9. The van der Waals surface area contributed by atoms with Gasteiger partial charge >= 0.3 is 0 Å². The first-order chi connectivity index (χ1) is 17.8. The SMILES string of the molecule is COc1ccc(NC(=O)C2(N(Cc3ccc(Cl)cc3)C(=O)CSc3nc(C)cc(C)n3)CCCC2)cc1. The van der Waals surface area contributed by atoms with Crippen molar-refractivity contribution in [2.75, 3.05) is 18.2 Å². The zero-order valence-corrected chi connectivity index (χ0v) is 22.9. The molecule has 0 spiro atoms. The van der Waals surface area contributed by atoms with E-state index in [9.17, 15) is 9.59 Å². The molecule has 0 saturated heterocycles. The Balaban J connectivity index is 1.61. The summed E-state index contributed by atoms with van der Waals surface area (Å²) < 4.78 is 5.23. The normalized spacial score (nSPS) is 14.3. The van der Waals surface area contributed by atoms with E-state index in [2.05, 4.69) is 15.3 Å². The van der Waals surface area contributed by atoms with Crippen LogP contribution in [0.2, 0.25) is 5.02 Å². The number of rotatable bonds is 9. The van der Waals surface area contributed by atoms with Crippen LogP contribution in [0.15, 0.2) is 59.8 Å². The molecule has 3 aromatic rings. The second kappa shape index (κ2) is 12.0. The molecule has 9 heteroatoms. The third-order valence-electron chi connectivity index (χ3n) is 6.56. The number of nitrogens with one attached hydrogen (secondary N) is 1. The van der Waals surface area contributed by atoms with Crippen molar-refractivity contribution in [2.24, 2.45) is 0 Å². The molecule has 2 amide bonds. The first-order valence-electron chi connectivity index (χ1n) is 12.2. The fourth-order valence-electron chi connectivity index (χ4n) is 4.71. The lowest BCUT2D eigenvalue weighted by Crippen LogP contribution is -2.57. The number of carbonyl (C=O) groups excluding carboxylic acids is 2. The van der Waals surface area contributed by atoms with Crippen LogP contribution in [0.25, 0.3) is 0 Å². The molecule has 194 valence electrons. The molecule has 1 fully saturated rings. The topological polar surface area (TPSA) is 84.4 Å². The molecule has 0 radical (unpaired) electrons. The summed E-state index contributed by atoms with van der Waals surface area (Å²) in [5.41, 5.74) is 2.32. The van der Waals surface area contributed by atoms with Crippen LogP contribution in [0.3, 0.4) is 0 Å². The van der Waals surface area contributed by atoms with E-state index in [0.29, 0.717) is 41.0 Å². The average Bonchev–Trinajstić information content (AvgIpc) is 3.38. The lowest BCUT2D eigenvalue weighted by atomic mass is 9.92. The first-order valence-corrected chi connectivity index (χ1v) is 13.6. The summed E-state index contributed by atoms with van der Waals surface area (Å²) in [6, 6.07) is 16.5. The van der Waals surface area contributed by atoms with Gasteiger partial charge in [-0.1, -0.05) is 48.3 Å². The van der Waals surface area contributed by atoms with Crippen LogP contribution in [0.4, 0.5) is 5.69 Å². The summed E-state index contributed by atoms with van der Waals surface area (Å²) in [5.74, 6) is 0.534. The third kappa shape index (κ3) is 6.62. The zero-order chi connectivity index (χ0) is 26.4. The van der Waals surface area contributed by atoms with Crippen molar-refractivity contribution >= 4 is 40.9 Å². The van der Waals surface area contributed by atoms with Crippen LogP contribution < -0.4 is 10.1 Å². The van der Waals surface area contributed by atoms with Gasteiger partial charge < -0.3 is 15.0 Å². The van der Waals surface area contributed by atoms with Crippen LogP contribution in [0.1, 0.15) is 42.6 Å². The minimum atomic E-state index is -0.958. The lowest BCUT2D eigenvalue weighted by Gasteiger charge is -2.40. The molecular formula is C28H31ClN4O3S. The number of anilines is 1. The van der Waals surface area contributed by atoms with E-state index in [0.717, 1.165) is 29.8 Å². The highest BCUT2D eigenvalue weighted by Crippen LogP contribution is 2.38. The second-order valence-electron chi connectivity index (χ2n) is 9.25. The monoisotopic (exact) mass is 538 g/mol. The van der Waals surface area contributed by atoms with Crippen molar-refractivity contribution < 1.29 is 14.3 Å². The number of hydrogen-bond acceptors (Lipinski definition) is 6. The Morgan fingerprint density at radius 3 is 2.24 bits per heavy atom. The number of thioether (sulfide) groups is 1. The first kappa shape index (κ1) is 26.9. The Hall–Kier alpha value is -3.10. The predicted octanol–water partition coefficient (Wildman–Crippen LogP) is 5.83. The summed E-state index contributed by atoms with van der Waals surface area (Å²) >= 11 is 7.40. The van der Waals surface area contributed by atoms with Crippen LogP contribution in [0.5, 0.6) is 5.75 Å². The molecule has 1 heterocycles. The van der Waals surface area contributed by atoms with Crippen LogP contribution in [-0.2, 0) is 16.1 Å². The molecule has 2 aromatic carbocycles. The molecule has 37 heavy (non-hydrogen) atoms. The highest BCUT2D eigenvalue weighted by atomic mass is 35.5. The van der Waals surface area contributed by atoms with Gasteiger partial charge in [0, 0.05) is 28.6 Å². The molecule has 1 aliphatic rings. The summed E-state index contributed by atoms with van der Waals surface area (Å²) in [6.45, 7) is 4.12. The van der Waals surface area contributed by atoms with Gasteiger partial charge in [0.1, 0.15) is 11.3 Å². The van der Waals surface area contributed by atoms with Gasteiger partial charge in [-0.2, -0.15) is 0 Å². The lowest BCUT2D eigenvalue weighted by molar-refractivity contribution is -0.144. The standard InChI is InChI=1S/C28H31ClN4O3S/c1-19-16-20(2)31-27(30-19)37-18-25(34)33(17-21-6-8-22(29)9-7-21)28(14-4-5-15-28)26(35)32-23-10-12-24(36-3)13-11-23/h6-13,16H,4-5,14-15,17-18H2,1-3H3,(H,32,35). The number of methoxy groups -OCH3 is 1. The predicted molar refractivity (Wildman–Crippen MR) is 147 cm³/mol. The van der Waals surface area contributed by atoms with Crippen molar-refractivity contribution in [3.63, 3.8) is 0 Å². The Morgan fingerprint density at radius 2 is 1.65 bits per heavy atom. The number of benzene rings is 2. The van der Waals surface area contributed by atoms with Crippen LogP contribution in [-0.4, -0.2) is 45.1 Å². The molecule has 1 N–H and O–H groups in total. The molecule has 0 unspecified atom stereocenters. The van der Waals surface area contributed by atoms with E-state index in [1.165, 1.54) is 11.8 Å². The second-order valence-corrected chi connectivity index (χ2v) is 10.6. The van der Waals surface area contributed by atoms with E-state index in [1.54, 1.807) is 48.4 Å².